The third kappa shape index (κ3) is 2.72. The third-order valence-corrected chi connectivity index (χ3v) is 4.68. The Labute approximate surface area is 151 Å². The molecular weight excluding hydrogens is 334 g/mol. The van der Waals surface area contributed by atoms with Crippen LogP contribution < -0.4 is 4.90 Å². The molecule has 3 aromatic rings. The van der Waals surface area contributed by atoms with Gasteiger partial charge in [0.2, 0.25) is 5.89 Å². The molecule has 0 bridgehead atoms. The van der Waals surface area contributed by atoms with Crippen molar-refractivity contribution in [3.8, 4) is 0 Å². The van der Waals surface area contributed by atoms with Crippen molar-refractivity contribution in [2.45, 2.75) is 51.8 Å². The second-order valence-corrected chi connectivity index (χ2v) is 7.60. The van der Waals surface area contributed by atoms with E-state index in [0.29, 0.717) is 18.3 Å². The molecule has 0 spiro atoms. The second kappa shape index (κ2) is 6.01. The minimum Gasteiger partial charge on any atom is -0.380 e. The molecule has 4 rings (SSSR count). The fraction of sp³-hybridized carbons (Fsp3) is 0.588. The van der Waals surface area contributed by atoms with Crippen molar-refractivity contribution in [3.63, 3.8) is 0 Å². The number of fused-ring (bicyclic) bond motifs is 1. The van der Waals surface area contributed by atoms with Crippen molar-refractivity contribution in [3.05, 3.63) is 24.2 Å². The van der Waals surface area contributed by atoms with Crippen LogP contribution in [-0.2, 0) is 10.3 Å². The zero-order valence-electron chi connectivity index (χ0n) is 15.7. The molecule has 26 heavy (non-hydrogen) atoms. The molecule has 0 radical (unpaired) electrons. The van der Waals surface area contributed by atoms with Gasteiger partial charge in [0.1, 0.15) is 18.2 Å². The summed E-state index contributed by atoms with van der Waals surface area (Å²) in [5.74, 6) is 2.01. The molecule has 0 amide bonds. The molecule has 9 heteroatoms. The van der Waals surface area contributed by atoms with Gasteiger partial charge in [-0.2, -0.15) is 10.1 Å². The van der Waals surface area contributed by atoms with Crippen LogP contribution >= 0.6 is 0 Å². The van der Waals surface area contributed by atoms with Crippen LogP contribution in [0, 0.1) is 6.92 Å². The predicted octanol–water partition coefficient (Wildman–Crippen LogP) is 2.24. The van der Waals surface area contributed by atoms with E-state index in [1.54, 1.807) is 13.4 Å². The third-order valence-electron chi connectivity index (χ3n) is 4.68. The van der Waals surface area contributed by atoms with Crippen LogP contribution in [-0.4, -0.2) is 49.6 Å². The van der Waals surface area contributed by atoms with Crippen molar-refractivity contribution < 1.29 is 9.26 Å². The van der Waals surface area contributed by atoms with Gasteiger partial charge in [-0.1, -0.05) is 5.16 Å². The highest BCUT2D eigenvalue weighted by Crippen LogP contribution is 2.38. The van der Waals surface area contributed by atoms with E-state index in [2.05, 4.69) is 50.9 Å². The van der Waals surface area contributed by atoms with Crippen LogP contribution in [0.5, 0.6) is 0 Å². The van der Waals surface area contributed by atoms with Gasteiger partial charge in [0.15, 0.2) is 11.5 Å². The van der Waals surface area contributed by atoms with Gasteiger partial charge < -0.3 is 14.2 Å². The first-order chi connectivity index (χ1) is 12.4. The summed E-state index contributed by atoms with van der Waals surface area (Å²) in [6, 6.07) is -0.0859. The van der Waals surface area contributed by atoms with Crippen molar-refractivity contribution in [2.75, 3.05) is 18.6 Å². The van der Waals surface area contributed by atoms with Gasteiger partial charge in [-0.3, -0.25) is 0 Å². The predicted molar refractivity (Wildman–Crippen MR) is 94.9 cm³/mol. The van der Waals surface area contributed by atoms with Gasteiger partial charge in [-0.15, -0.1) is 0 Å². The molecule has 0 aromatic carbocycles. The number of aryl methyl sites for hydroxylation is 1. The second-order valence-electron chi connectivity index (χ2n) is 7.60. The van der Waals surface area contributed by atoms with Crippen molar-refractivity contribution in [1.82, 2.24) is 29.9 Å². The number of ether oxygens (including phenoxy) is 1. The maximum Gasteiger partial charge on any atom is 0.249 e. The standard InChI is InChI=1S/C17H23N7O2/c1-10-21-16(26-22-10)13-6-11(25-5)8-23(13)14-12-7-20-24(17(2,3)4)15(12)19-9-18-14/h7,9,11,13H,6,8H2,1-5H3. The average molecular weight is 357 g/mol. The minimum atomic E-state index is -0.170. The van der Waals surface area contributed by atoms with Gasteiger partial charge in [0.05, 0.1) is 23.2 Å². The van der Waals surface area contributed by atoms with Crippen LogP contribution in [0.15, 0.2) is 17.0 Å². The fourth-order valence-corrected chi connectivity index (χ4v) is 3.44. The van der Waals surface area contributed by atoms with Crippen LogP contribution in [0.25, 0.3) is 11.0 Å². The first-order valence-electron chi connectivity index (χ1n) is 8.67. The Bertz CT molecular complexity index is 927. The van der Waals surface area contributed by atoms with E-state index in [-0.39, 0.29) is 17.7 Å². The normalized spacial score (nSPS) is 21.0. The molecule has 4 heterocycles. The number of hydrogen-bond acceptors (Lipinski definition) is 8. The molecule has 1 aliphatic rings. The lowest BCUT2D eigenvalue weighted by Gasteiger charge is -2.24. The Morgan fingerprint density at radius 3 is 2.73 bits per heavy atom. The lowest BCUT2D eigenvalue weighted by atomic mass is 10.1. The van der Waals surface area contributed by atoms with Gasteiger partial charge in [-0.25, -0.2) is 14.6 Å². The first kappa shape index (κ1) is 16.9. The molecule has 1 fully saturated rings. The van der Waals surface area contributed by atoms with Crippen LogP contribution in [0.3, 0.4) is 0 Å². The summed E-state index contributed by atoms with van der Waals surface area (Å²) in [6.45, 7) is 8.80. The Morgan fingerprint density at radius 2 is 2.08 bits per heavy atom. The SMILES string of the molecule is COC1CC(c2nc(C)no2)N(c2ncnc3c2cnn3C(C)(C)C)C1. The molecule has 9 nitrogen and oxygen atoms in total. The zero-order chi connectivity index (χ0) is 18.5. The topological polar surface area (TPSA) is 95.0 Å². The highest BCUT2D eigenvalue weighted by Gasteiger charge is 2.38. The number of hydrogen-bond donors (Lipinski definition) is 0. The van der Waals surface area contributed by atoms with Crippen molar-refractivity contribution in [2.24, 2.45) is 0 Å². The van der Waals surface area contributed by atoms with E-state index in [1.165, 1.54) is 0 Å². The fourth-order valence-electron chi connectivity index (χ4n) is 3.44. The molecule has 1 saturated heterocycles. The van der Waals surface area contributed by atoms with Crippen LogP contribution in [0.2, 0.25) is 0 Å². The number of methoxy groups -OCH3 is 1. The van der Waals surface area contributed by atoms with Crippen molar-refractivity contribution >= 4 is 16.9 Å². The molecule has 2 atom stereocenters. The molecule has 0 aliphatic carbocycles. The lowest BCUT2D eigenvalue weighted by molar-refractivity contribution is 0.117. The smallest absolute Gasteiger partial charge is 0.249 e. The molecule has 0 N–H and O–H groups in total. The van der Waals surface area contributed by atoms with Crippen molar-refractivity contribution in [1.29, 1.82) is 0 Å². The van der Waals surface area contributed by atoms with E-state index in [9.17, 15) is 0 Å². The number of aromatic nitrogens is 6. The van der Waals surface area contributed by atoms with Gasteiger partial charge >= 0.3 is 0 Å². The Hall–Kier alpha value is -2.55. The summed E-state index contributed by atoms with van der Waals surface area (Å²) in [4.78, 5) is 15.6. The Morgan fingerprint density at radius 1 is 1.27 bits per heavy atom. The lowest BCUT2D eigenvalue weighted by Crippen LogP contribution is -2.26. The summed E-state index contributed by atoms with van der Waals surface area (Å²) < 4.78 is 13.0. The van der Waals surface area contributed by atoms with E-state index in [0.717, 1.165) is 23.3 Å². The molecule has 138 valence electrons. The summed E-state index contributed by atoms with van der Waals surface area (Å²) in [6.07, 6.45) is 4.23. The molecule has 0 saturated carbocycles. The quantitative estimate of drug-likeness (QED) is 0.704. The number of nitrogens with zero attached hydrogens (tertiary/aromatic N) is 7. The zero-order valence-corrected chi connectivity index (χ0v) is 15.7. The van der Waals surface area contributed by atoms with E-state index in [1.807, 2.05) is 17.8 Å². The van der Waals surface area contributed by atoms with Gasteiger partial charge in [-0.05, 0) is 27.7 Å². The minimum absolute atomic E-state index is 0.0647. The average Bonchev–Trinajstić information content (AvgIpc) is 3.30. The summed E-state index contributed by atoms with van der Waals surface area (Å²) in [5, 5.41) is 9.38. The van der Waals surface area contributed by atoms with Crippen LogP contribution in [0.4, 0.5) is 5.82 Å². The summed E-state index contributed by atoms with van der Waals surface area (Å²) >= 11 is 0. The van der Waals surface area contributed by atoms with Gasteiger partial charge in [0.25, 0.3) is 0 Å². The Balaban J connectivity index is 1.81. The van der Waals surface area contributed by atoms with Gasteiger partial charge in [0, 0.05) is 20.1 Å². The number of rotatable bonds is 3. The van der Waals surface area contributed by atoms with E-state index in [4.69, 9.17) is 9.26 Å². The highest BCUT2D eigenvalue weighted by molar-refractivity contribution is 5.87. The molecule has 2 unspecified atom stereocenters. The molecular formula is C17H23N7O2. The van der Waals surface area contributed by atoms with Crippen LogP contribution in [0.1, 0.15) is 44.9 Å². The number of anilines is 1. The molecule has 1 aliphatic heterocycles. The van der Waals surface area contributed by atoms with E-state index < -0.39 is 0 Å². The molecule has 3 aromatic heterocycles. The highest BCUT2D eigenvalue weighted by atomic mass is 16.5. The maximum absolute atomic E-state index is 5.60. The maximum atomic E-state index is 5.60. The monoisotopic (exact) mass is 357 g/mol. The summed E-state index contributed by atoms with van der Waals surface area (Å²) in [7, 11) is 1.72. The Kier molecular flexibility index (Phi) is 3.91. The van der Waals surface area contributed by atoms with E-state index >= 15 is 0 Å². The largest absolute Gasteiger partial charge is 0.380 e. The first-order valence-corrected chi connectivity index (χ1v) is 8.67. The summed E-state index contributed by atoms with van der Waals surface area (Å²) in [5.41, 5.74) is 0.639.